The van der Waals surface area contributed by atoms with Gasteiger partial charge in [-0.3, -0.25) is 4.79 Å². The zero-order valence-electron chi connectivity index (χ0n) is 14.7. The van der Waals surface area contributed by atoms with E-state index >= 15 is 0 Å². The quantitative estimate of drug-likeness (QED) is 0.796. The fourth-order valence-electron chi connectivity index (χ4n) is 2.59. The standard InChI is InChI=1S/C20H20O5/c1-12-13(2)19(22)24-17-10-14(7-8-16(12)17)23-9-5-6-15-11-18(21)20(3,4)25-15/h5-8,10-11H,9H2,1-4H3/b6-5+. The molecule has 5 heteroatoms. The highest BCUT2D eigenvalue weighted by molar-refractivity contribution is 5.99. The van der Waals surface area contributed by atoms with E-state index in [-0.39, 0.29) is 11.4 Å². The molecule has 5 nitrogen and oxygen atoms in total. The number of carbonyl (C=O) groups is 1. The zero-order chi connectivity index (χ0) is 18.2. The van der Waals surface area contributed by atoms with Crippen LogP contribution in [0.1, 0.15) is 25.0 Å². The predicted octanol–water partition coefficient (Wildman–Crippen LogP) is 3.61. The van der Waals surface area contributed by atoms with Crippen molar-refractivity contribution in [3.63, 3.8) is 0 Å². The summed E-state index contributed by atoms with van der Waals surface area (Å²) in [6, 6.07) is 5.42. The minimum absolute atomic E-state index is 0.0525. The molecule has 0 fully saturated rings. The van der Waals surface area contributed by atoms with Gasteiger partial charge in [-0.25, -0.2) is 4.79 Å². The highest BCUT2D eigenvalue weighted by atomic mass is 16.5. The van der Waals surface area contributed by atoms with E-state index in [2.05, 4.69) is 0 Å². The first-order valence-electron chi connectivity index (χ1n) is 8.06. The van der Waals surface area contributed by atoms with Gasteiger partial charge in [0.1, 0.15) is 23.7 Å². The molecule has 1 aromatic carbocycles. The molecule has 1 aliphatic rings. The second-order valence-corrected chi connectivity index (χ2v) is 6.53. The van der Waals surface area contributed by atoms with Crippen molar-refractivity contribution in [3.8, 4) is 5.75 Å². The van der Waals surface area contributed by atoms with Crippen molar-refractivity contribution in [1.29, 1.82) is 0 Å². The Morgan fingerprint density at radius 1 is 1.16 bits per heavy atom. The lowest BCUT2D eigenvalue weighted by Gasteiger charge is -2.16. The van der Waals surface area contributed by atoms with E-state index in [1.165, 1.54) is 6.08 Å². The van der Waals surface area contributed by atoms with Gasteiger partial charge in [0, 0.05) is 23.1 Å². The number of hydrogen-bond acceptors (Lipinski definition) is 5. The molecule has 25 heavy (non-hydrogen) atoms. The Morgan fingerprint density at radius 3 is 2.60 bits per heavy atom. The molecule has 1 aliphatic heterocycles. The Hall–Kier alpha value is -2.82. The lowest BCUT2D eigenvalue weighted by molar-refractivity contribution is -0.126. The van der Waals surface area contributed by atoms with E-state index in [0.29, 0.717) is 29.3 Å². The lowest BCUT2D eigenvalue weighted by Crippen LogP contribution is -2.27. The molecule has 2 heterocycles. The van der Waals surface area contributed by atoms with Gasteiger partial charge in [-0.15, -0.1) is 0 Å². The first kappa shape index (κ1) is 17.0. The first-order chi connectivity index (χ1) is 11.8. The first-order valence-corrected chi connectivity index (χ1v) is 8.06. The maximum Gasteiger partial charge on any atom is 0.339 e. The molecular weight excluding hydrogens is 320 g/mol. The maximum atomic E-state index is 11.8. The van der Waals surface area contributed by atoms with Crippen LogP contribution in [0.4, 0.5) is 0 Å². The van der Waals surface area contributed by atoms with E-state index in [4.69, 9.17) is 13.9 Å². The van der Waals surface area contributed by atoms with Gasteiger partial charge in [-0.2, -0.15) is 0 Å². The normalized spacial score (nSPS) is 16.3. The molecule has 0 spiro atoms. The molecule has 3 rings (SSSR count). The van der Waals surface area contributed by atoms with E-state index in [9.17, 15) is 9.59 Å². The average Bonchev–Trinajstić information content (AvgIpc) is 2.82. The summed E-state index contributed by atoms with van der Waals surface area (Å²) in [6.07, 6.45) is 4.95. The molecule has 0 N–H and O–H groups in total. The van der Waals surface area contributed by atoms with Crippen molar-refractivity contribution >= 4 is 16.8 Å². The fourth-order valence-corrected chi connectivity index (χ4v) is 2.59. The SMILES string of the molecule is Cc1c(C)c2ccc(OC/C=C/C3=CC(=O)C(C)(C)O3)cc2oc1=O. The number of allylic oxidation sites excluding steroid dienone is 1. The number of aryl methyl sites for hydroxylation is 1. The molecule has 0 aliphatic carbocycles. The van der Waals surface area contributed by atoms with Crippen LogP contribution in [-0.4, -0.2) is 18.0 Å². The van der Waals surface area contributed by atoms with Gasteiger partial charge < -0.3 is 13.9 Å². The van der Waals surface area contributed by atoms with Crippen molar-refractivity contribution in [2.75, 3.05) is 6.61 Å². The van der Waals surface area contributed by atoms with E-state index < -0.39 is 5.60 Å². The molecule has 0 bridgehead atoms. The number of rotatable bonds is 4. The van der Waals surface area contributed by atoms with Gasteiger partial charge in [0.15, 0.2) is 5.60 Å². The summed E-state index contributed by atoms with van der Waals surface area (Å²) in [6.45, 7) is 7.42. The molecule has 0 radical (unpaired) electrons. The third-order valence-electron chi connectivity index (χ3n) is 4.30. The van der Waals surface area contributed by atoms with E-state index in [1.54, 1.807) is 39.0 Å². The van der Waals surface area contributed by atoms with Crippen LogP contribution in [0.5, 0.6) is 5.75 Å². The smallest absolute Gasteiger partial charge is 0.339 e. The van der Waals surface area contributed by atoms with Gasteiger partial charge in [0.2, 0.25) is 5.78 Å². The minimum atomic E-state index is -0.799. The highest BCUT2D eigenvalue weighted by Crippen LogP contribution is 2.25. The Balaban J connectivity index is 1.69. The fraction of sp³-hybridized carbons (Fsp3) is 0.300. The zero-order valence-corrected chi connectivity index (χ0v) is 14.7. The van der Waals surface area contributed by atoms with Crippen molar-refractivity contribution < 1.29 is 18.7 Å². The van der Waals surface area contributed by atoms with Crippen LogP contribution in [0.15, 0.2) is 51.4 Å². The summed E-state index contributed by atoms with van der Waals surface area (Å²) in [5.74, 6) is 1.07. The van der Waals surface area contributed by atoms with Crippen LogP contribution in [0.2, 0.25) is 0 Å². The van der Waals surface area contributed by atoms with Crippen LogP contribution in [0.25, 0.3) is 11.0 Å². The molecular formula is C20H20O5. The Bertz CT molecular complexity index is 960. The van der Waals surface area contributed by atoms with E-state index in [0.717, 1.165) is 10.9 Å². The second-order valence-electron chi connectivity index (χ2n) is 6.53. The summed E-state index contributed by atoms with van der Waals surface area (Å²) in [7, 11) is 0. The molecule has 0 saturated carbocycles. The monoisotopic (exact) mass is 340 g/mol. The van der Waals surface area contributed by atoms with Crippen LogP contribution >= 0.6 is 0 Å². The van der Waals surface area contributed by atoms with Crippen LogP contribution in [0, 0.1) is 13.8 Å². The van der Waals surface area contributed by atoms with Gasteiger partial charge in [-0.1, -0.05) is 0 Å². The minimum Gasteiger partial charge on any atom is -0.489 e. The van der Waals surface area contributed by atoms with Gasteiger partial charge in [-0.05, 0) is 57.5 Å². The summed E-state index contributed by atoms with van der Waals surface area (Å²) in [5, 5.41) is 0.894. The Labute approximate surface area is 145 Å². The highest BCUT2D eigenvalue weighted by Gasteiger charge is 2.33. The molecule has 130 valence electrons. The topological polar surface area (TPSA) is 65.7 Å². The molecule has 2 aromatic rings. The molecule has 0 unspecified atom stereocenters. The second kappa shape index (κ2) is 6.24. The number of benzene rings is 1. The Morgan fingerprint density at radius 2 is 1.92 bits per heavy atom. The summed E-state index contributed by atoms with van der Waals surface area (Å²) in [5.41, 5.74) is 0.900. The van der Waals surface area contributed by atoms with Crippen LogP contribution in [0.3, 0.4) is 0 Å². The summed E-state index contributed by atoms with van der Waals surface area (Å²) < 4.78 is 16.5. The van der Waals surface area contributed by atoms with E-state index in [1.807, 2.05) is 19.1 Å². The van der Waals surface area contributed by atoms with Crippen molar-refractivity contribution in [1.82, 2.24) is 0 Å². The Kier molecular flexibility index (Phi) is 4.25. The van der Waals surface area contributed by atoms with Crippen LogP contribution in [-0.2, 0) is 9.53 Å². The lowest BCUT2D eigenvalue weighted by atomic mass is 10.1. The van der Waals surface area contributed by atoms with Crippen molar-refractivity contribution in [3.05, 3.63) is 63.7 Å². The maximum absolute atomic E-state index is 11.8. The van der Waals surface area contributed by atoms with Crippen molar-refractivity contribution in [2.24, 2.45) is 0 Å². The van der Waals surface area contributed by atoms with Crippen molar-refractivity contribution in [2.45, 2.75) is 33.3 Å². The van der Waals surface area contributed by atoms with Crippen LogP contribution < -0.4 is 10.4 Å². The average molecular weight is 340 g/mol. The number of ketones is 1. The summed E-state index contributed by atoms with van der Waals surface area (Å²) >= 11 is 0. The third kappa shape index (κ3) is 3.36. The molecule has 1 aromatic heterocycles. The molecule has 0 amide bonds. The number of ether oxygens (including phenoxy) is 2. The van der Waals surface area contributed by atoms with Gasteiger partial charge in [0.25, 0.3) is 0 Å². The number of carbonyl (C=O) groups excluding carboxylic acids is 1. The largest absolute Gasteiger partial charge is 0.489 e. The predicted molar refractivity (Wildman–Crippen MR) is 94.8 cm³/mol. The number of hydrogen-bond donors (Lipinski definition) is 0. The number of fused-ring (bicyclic) bond motifs is 1. The van der Waals surface area contributed by atoms with Gasteiger partial charge in [0.05, 0.1) is 0 Å². The molecule has 0 saturated heterocycles. The third-order valence-corrected chi connectivity index (χ3v) is 4.30. The summed E-state index contributed by atoms with van der Waals surface area (Å²) in [4.78, 5) is 23.4. The van der Waals surface area contributed by atoms with Gasteiger partial charge >= 0.3 is 5.63 Å². The molecule has 0 atom stereocenters.